The molecule has 0 radical (unpaired) electrons. The second-order valence-electron chi connectivity index (χ2n) is 5.18. The van der Waals surface area contributed by atoms with Gasteiger partial charge in [0.05, 0.1) is 19.6 Å². The summed E-state index contributed by atoms with van der Waals surface area (Å²) in [4.78, 5) is 10.6. The van der Waals surface area contributed by atoms with Gasteiger partial charge in [-0.2, -0.15) is 0 Å². The predicted molar refractivity (Wildman–Crippen MR) is 85.4 cm³/mol. The number of carboxylic acid groups (broad SMARTS) is 1. The Morgan fingerprint density at radius 1 is 0.957 bits per heavy atom. The highest BCUT2D eigenvalue weighted by Crippen LogP contribution is 2.13. The van der Waals surface area contributed by atoms with Crippen LogP contribution in [0, 0.1) is 0 Å². The Hall–Kier alpha value is -2.37. The second kappa shape index (κ2) is 8.92. The molecule has 0 heterocycles. The summed E-state index contributed by atoms with van der Waals surface area (Å²) >= 11 is 0. The van der Waals surface area contributed by atoms with E-state index in [-0.39, 0.29) is 19.6 Å². The predicted octanol–water partition coefficient (Wildman–Crippen LogP) is 2.27. The van der Waals surface area contributed by atoms with Gasteiger partial charge in [-0.25, -0.2) is 0 Å². The lowest BCUT2D eigenvalue weighted by molar-refractivity contribution is -0.136. The normalized spacial score (nSPS) is 11.9. The van der Waals surface area contributed by atoms with E-state index in [9.17, 15) is 9.90 Å². The van der Waals surface area contributed by atoms with Gasteiger partial charge in [0.25, 0.3) is 0 Å². The van der Waals surface area contributed by atoms with Crippen LogP contribution < -0.4 is 4.74 Å². The van der Waals surface area contributed by atoms with E-state index in [2.05, 4.69) is 0 Å². The molecule has 0 saturated carbocycles. The summed E-state index contributed by atoms with van der Waals surface area (Å²) in [6.45, 7) is 0.751. The molecule has 23 heavy (non-hydrogen) atoms. The van der Waals surface area contributed by atoms with Crippen LogP contribution in [-0.4, -0.2) is 35.5 Å². The summed E-state index contributed by atoms with van der Waals surface area (Å²) in [5, 5.41) is 18.5. The van der Waals surface area contributed by atoms with Crippen LogP contribution in [0.25, 0.3) is 0 Å². The molecule has 0 amide bonds. The smallest absolute Gasteiger partial charge is 0.307 e. The SMILES string of the molecule is O=C(O)Cc1ccc(OC[C@@H](O)COCc2ccccc2)cc1. The molecule has 2 aromatic carbocycles. The van der Waals surface area contributed by atoms with Gasteiger partial charge in [-0.05, 0) is 23.3 Å². The zero-order valence-electron chi connectivity index (χ0n) is 12.7. The third-order valence-corrected chi connectivity index (χ3v) is 3.14. The quantitative estimate of drug-likeness (QED) is 0.742. The summed E-state index contributed by atoms with van der Waals surface area (Å²) in [6.07, 6.45) is -0.742. The number of hydrogen-bond acceptors (Lipinski definition) is 4. The van der Waals surface area contributed by atoms with Crippen LogP contribution in [0.15, 0.2) is 54.6 Å². The molecule has 0 aliphatic heterocycles. The fourth-order valence-electron chi connectivity index (χ4n) is 2.01. The average Bonchev–Trinajstić information content (AvgIpc) is 2.55. The first-order valence-electron chi connectivity index (χ1n) is 7.37. The topological polar surface area (TPSA) is 76.0 Å². The van der Waals surface area contributed by atoms with Crippen LogP contribution in [0.5, 0.6) is 5.75 Å². The van der Waals surface area contributed by atoms with Crippen LogP contribution >= 0.6 is 0 Å². The van der Waals surface area contributed by atoms with E-state index in [1.807, 2.05) is 30.3 Å². The van der Waals surface area contributed by atoms with Gasteiger partial charge in [0.1, 0.15) is 18.5 Å². The molecule has 0 fully saturated rings. The van der Waals surface area contributed by atoms with Crippen molar-refractivity contribution >= 4 is 5.97 Å². The number of aliphatic hydroxyl groups is 1. The molecule has 2 aromatic rings. The zero-order chi connectivity index (χ0) is 16.5. The number of aliphatic hydroxyl groups excluding tert-OH is 1. The fourth-order valence-corrected chi connectivity index (χ4v) is 2.01. The van der Waals surface area contributed by atoms with Crippen LogP contribution in [0.2, 0.25) is 0 Å². The van der Waals surface area contributed by atoms with E-state index in [0.29, 0.717) is 17.9 Å². The maximum atomic E-state index is 10.6. The molecule has 1 atom stereocenters. The standard InChI is InChI=1S/C18H20O5/c19-16(12-22-11-15-4-2-1-3-5-15)13-23-17-8-6-14(7-9-17)10-18(20)21/h1-9,16,19H,10-13H2,(H,20,21)/t16-/m0/s1. The number of carboxylic acids is 1. The van der Waals surface area contributed by atoms with Crippen molar-refractivity contribution in [1.82, 2.24) is 0 Å². The number of rotatable bonds is 9. The first-order valence-corrected chi connectivity index (χ1v) is 7.37. The first kappa shape index (κ1) is 17.0. The molecule has 0 aliphatic carbocycles. The Balaban J connectivity index is 1.67. The summed E-state index contributed by atoms with van der Waals surface area (Å²) in [5.41, 5.74) is 1.76. The number of benzene rings is 2. The van der Waals surface area contributed by atoms with Gasteiger partial charge in [-0.3, -0.25) is 4.79 Å². The molecule has 5 heteroatoms. The van der Waals surface area contributed by atoms with Crippen molar-refractivity contribution in [3.63, 3.8) is 0 Å². The van der Waals surface area contributed by atoms with Crippen LogP contribution in [0.4, 0.5) is 0 Å². The van der Waals surface area contributed by atoms with Crippen molar-refractivity contribution in [3.05, 3.63) is 65.7 Å². The van der Waals surface area contributed by atoms with Crippen LogP contribution in [-0.2, 0) is 22.6 Å². The van der Waals surface area contributed by atoms with E-state index >= 15 is 0 Å². The Morgan fingerprint density at radius 2 is 1.65 bits per heavy atom. The van der Waals surface area contributed by atoms with Crippen molar-refractivity contribution in [3.8, 4) is 5.75 Å². The molecule has 0 spiro atoms. The van der Waals surface area contributed by atoms with Gasteiger partial charge >= 0.3 is 5.97 Å². The van der Waals surface area contributed by atoms with Crippen molar-refractivity contribution in [2.75, 3.05) is 13.2 Å². The maximum absolute atomic E-state index is 10.6. The Bertz CT molecular complexity index is 595. The lowest BCUT2D eigenvalue weighted by Gasteiger charge is -2.13. The van der Waals surface area contributed by atoms with E-state index < -0.39 is 12.1 Å². The van der Waals surface area contributed by atoms with Crippen molar-refractivity contribution in [2.24, 2.45) is 0 Å². The van der Waals surface area contributed by atoms with Gasteiger partial charge in [0.15, 0.2) is 0 Å². The maximum Gasteiger partial charge on any atom is 0.307 e. The lowest BCUT2D eigenvalue weighted by Crippen LogP contribution is -2.23. The molecule has 0 aliphatic rings. The largest absolute Gasteiger partial charge is 0.491 e. The summed E-state index contributed by atoms with van der Waals surface area (Å²) in [5.74, 6) is -0.286. The van der Waals surface area contributed by atoms with E-state index in [1.54, 1.807) is 24.3 Å². The minimum atomic E-state index is -0.871. The second-order valence-corrected chi connectivity index (χ2v) is 5.18. The first-order chi connectivity index (χ1) is 11.1. The molecular weight excluding hydrogens is 296 g/mol. The van der Waals surface area contributed by atoms with E-state index in [1.165, 1.54) is 0 Å². The van der Waals surface area contributed by atoms with Gasteiger partial charge in [-0.15, -0.1) is 0 Å². The highest BCUT2D eigenvalue weighted by atomic mass is 16.5. The molecular formula is C18H20O5. The van der Waals surface area contributed by atoms with Gasteiger partial charge in [-0.1, -0.05) is 42.5 Å². The van der Waals surface area contributed by atoms with Gasteiger partial charge in [0.2, 0.25) is 0 Å². The number of hydrogen-bond donors (Lipinski definition) is 2. The molecule has 2 rings (SSSR count). The molecule has 122 valence electrons. The Labute approximate surface area is 135 Å². The number of carbonyl (C=O) groups is 1. The van der Waals surface area contributed by atoms with Crippen molar-refractivity contribution in [1.29, 1.82) is 0 Å². The van der Waals surface area contributed by atoms with Gasteiger partial charge < -0.3 is 19.7 Å². The molecule has 0 bridgehead atoms. The number of aliphatic carboxylic acids is 1. The molecule has 2 N–H and O–H groups in total. The Morgan fingerprint density at radius 3 is 2.30 bits per heavy atom. The monoisotopic (exact) mass is 316 g/mol. The summed E-state index contributed by atoms with van der Waals surface area (Å²) in [6, 6.07) is 16.5. The molecule has 5 nitrogen and oxygen atoms in total. The van der Waals surface area contributed by atoms with Crippen molar-refractivity contribution in [2.45, 2.75) is 19.1 Å². The van der Waals surface area contributed by atoms with Gasteiger partial charge in [0, 0.05) is 0 Å². The average molecular weight is 316 g/mol. The van der Waals surface area contributed by atoms with Crippen LogP contribution in [0.3, 0.4) is 0 Å². The van der Waals surface area contributed by atoms with Crippen molar-refractivity contribution < 1.29 is 24.5 Å². The van der Waals surface area contributed by atoms with Crippen LogP contribution in [0.1, 0.15) is 11.1 Å². The minimum Gasteiger partial charge on any atom is -0.491 e. The Kier molecular flexibility index (Phi) is 6.59. The summed E-state index contributed by atoms with van der Waals surface area (Å²) in [7, 11) is 0. The third-order valence-electron chi connectivity index (χ3n) is 3.14. The van der Waals surface area contributed by atoms with E-state index in [4.69, 9.17) is 14.6 Å². The van der Waals surface area contributed by atoms with E-state index in [0.717, 1.165) is 5.56 Å². The molecule has 0 unspecified atom stereocenters. The lowest BCUT2D eigenvalue weighted by atomic mass is 10.1. The third kappa shape index (κ3) is 6.50. The molecule has 0 aromatic heterocycles. The highest BCUT2D eigenvalue weighted by Gasteiger charge is 2.06. The minimum absolute atomic E-state index is 0.0176. The number of ether oxygens (including phenoxy) is 2. The summed E-state index contributed by atoms with van der Waals surface area (Å²) < 4.78 is 10.9. The zero-order valence-corrected chi connectivity index (χ0v) is 12.7. The molecule has 0 saturated heterocycles. The highest BCUT2D eigenvalue weighted by molar-refractivity contribution is 5.70. The fraction of sp³-hybridized carbons (Fsp3) is 0.278.